The molecular weight excluding hydrogens is 356 g/mol. The van der Waals surface area contributed by atoms with E-state index in [9.17, 15) is 4.79 Å². The van der Waals surface area contributed by atoms with Gasteiger partial charge in [0, 0.05) is 30.7 Å². The van der Waals surface area contributed by atoms with Crippen LogP contribution in [0.2, 0.25) is 0 Å². The molecule has 1 amide bonds. The summed E-state index contributed by atoms with van der Waals surface area (Å²) in [5.74, 6) is 1.17. The monoisotopic (exact) mass is 380 g/mol. The average Bonchev–Trinajstić information content (AvgIpc) is 3.23. The molecule has 0 saturated carbocycles. The number of carbonyl (C=O) groups is 1. The fourth-order valence-electron chi connectivity index (χ4n) is 2.80. The van der Waals surface area contributed by atoms with E-state index in [0.717, 1.165) is 16.7 Å². The Morgan fingerprint density at radius 1 is 1.11 bits per heavy atom. The number of aromatic nitrogens is 3. The van der Waals surface area contributed by atoms with Crippen LogP contribution in [0.25, 0.3) is 11.1 Å². The Kier molecular flexibility index (Phi) is 5.63. The number of rotatable bonds is 7. The van der Waals surface area contributed by atoms with Crippen LogP contribution in [0.1, 0.15) is 19.4 Å². The Balaban J connectivity index is 1.77. The van der Waals surface area contributed by atoms with Gasteiger partial charge >= 0.3 is 0 Å². The van der Waals surface area contributed by atoms with Crippen LogP contribution in [0.15, 0.2) is 55.1 Å². The van der Waals surface area contributed by atoms with Gasteiger partial charge in [-0.25, -0.2) is 0 Å². The van der Waals surface area contributed by atoms with Crippen molar-refractivity contribution in [2.75, 3.05) is 14.2 Å². The maximum Gasteiger partial charge on any atom is 0.247 e. The number of benzene rings is 1. The van der Waals surface area contributed by atoms with E-state index < -0.39 is 5.54 Å². The summed E-state index contributed by atoms with van der Waals surface area (Å²) in [6.45, 7) is 4.08. The molecule has 0 aliphatic rings. The molecule has 2 aromatic heterocycles. The molecule has 0 bridgehead atoms. The molecule has 1 aromatic carbocycles. The highest BCUT2D eigenvalue weighted by atomic mass is 16.5. The summed E-state index contributed by atoms with van der Waals surface area (Å²) in [5.41, 5.74) is 1.90. The van der Waals surface area contributed by atoms with Crippen LogP contribution < -0.4 is 14.8 Å². The van der Waals surface area contributed by atoms with Crippen molar-refractivity contribution in [2.24, 2.45) is 0 Å². The first-order valence-electron chi connectivity index (χ1n) is 8.90. The van der Waals surface area contributed by atoms with E-state index in [-0.39, 0.29) is 5.91 Å². The van der Waals surface area contributed by atoms with Gasteiger partial charge in [-0.05, 0) is 43.2 Å². The fourth-order valence-corrected chi connectivity index (χ4v) is 2.80. The molecule has 7 heteroatoms. The van der Waals surface area contributed by atoms with E-state index in [1.165, 1.54) is 0 Å². The lowest BCUT2D eigenvalue weighted by atomic mass is 10.0. The van der Waals surface area contributed by atoms with E-state index in [0.29, 0.717) is 18.0 Å². The van der Waals surface area contributed by atoms with E-state index in [1.807, 2.05) is 50.4 Å². The summed E-state index contributed by atoms with van der Waals surface area (Å²) < 4.78 is 12.3. The molecule has 3 rings (SSSR count). The minimum atomic E-state index is -0.850. The number of nitrogens with one attached hydrogen (secondary N) is 1. The van der Waals surface area contributed by atoms with Crippen LogP contribution >= 0.6 is 0 Å². The van der Waals surface area contributed by atoms with Crippen LogP contribution in [-0.2, 0) is 16.9 Å². The number of hydrogen-bond acceptors (Lipinski definition) is 5. The number of amides is 1. The Morgan fingerprint density at radius 3 is 2.57 bits per heavy atom. The van der Waals surface area contributed by atoms with Gasteiger partial charge in [0.1, 0.15) is 5.54 Å². The molecule has 0 radical (unpaired) electrons. The first kappa shape index (κ1) is 19.4. The van der Waals surface area contributed by atoms with Crippen molar-refractivity contribution in [3.8, 4) is 22.6 Å². The molecule has 0 atom stereocenters. The third-order valence-electron chi connectivity index (χ3n) is 4.60. The van der Waals surface area contributed by atoms with Crippen LogP contribution in [0.5, 0.6) is 11.5 Å². The Bertz CT molecular complexity index is 951. The van der Waals surface area contributed by atoms with Crippen molar-refractivity contribution in [3.05, 3.63) is 60.7 Å². The highest BCUT2D eigenvalue weighted by Gasteiger charge is 2.30. The summed E-state index contributed by atoms with van der Waals surface area (Å²) in [7, 11) is 3.20. The lowest BCUT2D eigenvalue weighted by Crippen LogP contribution is -2.44. The Morgan fingerprint density at radius 2 is 1.89 bits per heavy atom. The van der Waals surface area contributed by atoms with Gasteiger partial charge in [-0.1, -0.05) is 12.1 Å². The Hall–Kier alpha value is -3.35. The lowest BCUT2D eigenvalue weighted by Gasteiger charge is -2.24. The van der Waals surface area contributed by atoms with Crippen molar-refractivity contribution in [3.63, 3.8) is 0 Å². The van der Waals surface area contributed by atoms with Gasteiger partial charge in [0.15, 0.2) is 11.5 Å². The summed E-state index contributed by atoms with van der Waals surface area (Å²) in [6, 6.07) is 9.42. The first-order valence-corrected chi connectivity index (χ1v) is 8.90. The van der Waals surface area contributed by atoms with Gasteiger partial charge in [0.25, 0.3) is 0 Å². The van der Waals surface area contributed by atoms with Crippen molar-refractivity contribution in [1.82, 2.24) is 20.1 Å². The number of nitrogens with zero attached hydrogens (tertiary/aromatic N) is 3. The lowest BCUT2D eigenvalue weighted by molar-refractivity contribution is -0.129. The van der Waals surface area contributed by atoms with Crippen LogP contribution in [-0.4, -0.2) is 34.9 Å². The van der Waals surface area contributed by atoms with Crippen molar-refractivity contribution in [1.29, 1.82) is 0 Å². The zero-order chi connectivity index (χ0) is 20.1. The first-order chi connectivity index (χ1) is 13.5. The molecule has 0 spiro atoms. The largest absolute Gasteiger partial charge is 0.493 e. The maximum absolute atomic E-state index is 12.7. The summed E-state index contributed by atoms with van der Waals surface area (Å²) in [5, 5.41) is 7.35. The van der Waals surface area contributed by atoms with Crippen LogP contribution in [0, 0.1) is 0 Å². The van der Waals surface area contributed by atoms with Gasteiger partial charge in [-0.2, -0.15) is 5.10 Å². The molecule has 1 N–H and O–H groups in total. The molecular formula is C21H24N4O3. The van der Waals surface area contributed by atoms with Gasteiger partial charge in [-0.15, -0.1) is 0 Å². The predicted molar refractivity (Wildman–Crippen MR) is 106 cm³/mol. The number of methoxy groups -OCH3 is 2. The van der Waals surface area contributed by atoms with E-state index in [2.05, 4.69) is 15.4 Å². The SMILES string of the molecule is COc1ccc(-c2cnn(C(C)(C)C(=O)NCc3cccnc3)c2)cc1OC. The number of carbonyl (C=O) groups excluding carboxylic acids is 1. The van der Waals surface area contributed by atoms with Crippen molar-refractivity contribution < 1.29 is 14.3 Å². The molecule has 28 heavy (non-hydrogen) atoms. The summed E-state index contributed by atoms with van der Waals surface area (Å²) in [4.78, 5) is 16.8. The topological polar surface area (TPSA) is 78.3 Å². The molecule has 0 aliphatic carbocycles. The van der Waals surface area contributed by atoms with Crippen LogP contribution in [0.3, 0.4) is 0 Å². The number of ether oxygens (including phenoxy) is 2. The summed E-state index contributed by atoms with van der Waals surface area (Å²) >= 11 is 0. The quantitative estimate of drug-likeness (QED) is 0.682. The zero-order valence-corrected chi connectivity index (χ0v) is 16.5. The molecule has 0 fully saturated rings. The molecule has 0 saturated heterocycles. The summed E-state index contributed by atoms with van der Waals surface area (Å²) in [6.07, 6.45) is 7.02. The number of hydrogen-bond donors (Lipinski definition) is 1. The molecule has 2 heterocycles. The second kappa shape index (κ2) is 8.12. The maximum atomic E-state index is 12.7. The standard InChI is InChI=1S/C21H24N4O3/c1-21(2,20(26)23-12-15-6-5-9-22-11-15)25-14-17(13-24-25)16-7-8-18(27-3)19(10-16)28-4/h5-11,13-14H,12H2,1-4H3,(H,23,26). The van der Waals surface area contributed by atoms with Gasteiger partial charge in [0.05, 0.1) is 20.4 Å². The second-order valence-corrected chi connectivity index (χ2v) is 6.85. The minimum absolute atomic E-state index is 0.127. The molecule has 3 aromatic rings. The fraction of sp³-hybridized carbons (Fsp3) is 0.286. The average molecular weight is 380 g/mol. The predicted octanol–water partition coefficient (Wildman–Crippen LogP) is 3.01. The Labute approximate surface area is 164 Å². The smallest absolute Gasteiger partial charge is 0.247 e. The highest BCUT2D eigenvalue weighted by molar-refractivity contribution is 5.83. The van der Waals surface area contributed by atoms with Gasteiger partial charge in [-0.3, -0.25) is 14.5 Å². The van der Waals surface area contributed by atoms with E-state index >= 15 is 0 Å². The number of pyridine rings is 1. The molecule has 7 nitrogen and oxygen atoms in total. The zero-order valence-electron chi connectivity index (χ0n) is 16.5. The van der Waals surface area contributed by atoms with Crippen molar-refractivity contribution >= 4 is 5.91 Å². The van der Waals surface area contributed by atoms with Crippen LogP contribution in [0.4, 0.5) is 0 Å². The van der Waals surface area contributed by atoms with Gasteiger partial charge in [0.2, 0.25) is 5.91 Å². The molecule has 0 unspecified atom stereocenters. The normalized spacial score (nSPS) is 11.1. The second-order valence-electron chi connectivity index (χ2n) is 6.85. The molecule has 146 valence electrons. The van der Waals surface area contributed by atoms with Crippen molar-refractivity contribution in [2.45, 2.75) is 25.9 Å². The van der Waals surface area contributed by atoms with E-state index in [4.69, 9.17) is 9.47 Å². The minimum Gasteiger partial charge on any atom is -0.493 e. The van der Waals surface area contributed by atoms with E-state index in [1.54, 1.807) is 37.5 Å². The third-order valence-corrected chi connectivity index (χ3v) is 4.60. The highest BCUT2D eigenvalue weighted by Crippen LogP contribution is 2.32. The third kappa shape index (κ3) is 3.98. The van der Waals surface area contributed by atoms with Gasteiger partial charge < -0.3 is 14.8 Å². The molecule has 0 aliphatic heterocycles.